The van der Waals surface area contributed by atoms with Crippen molar-refractivity contribution in [1.82, 2.24) is 0 Å². The van der Waals surface area contributed by atoms with Crippen LogP contribution in [0.4, 0.5) is 11.4 Å². The Balaban J connectivity index is 2.29. The summed E-state index contributed by atoms with van der Waals surface area (Å²) in [4.78, 5) is 0.282. The van der Waals surface area contributed by atoms with Gasteiger partial charge in [0, 0.05) is 11.3 Å². The summed E-state index contributed by atoms with van der Waals surface area (Å²) in [7, 11) is 0. The molecule has 0 aliphatic carbocycles. The Kier molecular flexibility index (Phi) is 4.07. The van der Waals surface area contributed by atoms with Crippen LogP contribution in [0.2, 0.25) is 10.0 Å². The molecule has 92 valence electrons. The number of hydrogen-bond donors (Lipinski definition) is 2. The molecule has 18 heavy (non-hydrogen) atoms. The largest absolute Gasteiger partial charge is 0.389 e. The van der Waals surface area contributed by atoms with Gasteiger partial charge >= 0.3 is 0 Å². The number of thiocarbonyl (C=S) groups is 1. The van der Waals surface area contributed by atoms with Crippen LogP contribution in [-0.2, 0) is 0 Å². The number of benzene rings is 2. The molecule has 0 saturated carbocycles. The molecule has 2 aromatic rings. The highest BCUT2D eigenvalue weighted by Gasteiger charge is 2.05. The van der Waals surface area contributed by atoms with Crippen molar-refractivity contribution in [3.05, 3.63) is 58.1 Å². The van der Waals surface area contributed by atoms with Crippen molar-refractivity contribution in [2.24, 2.45) is 5.73 Å². The topological polar surface area (TPSA) is 38.0 Å². The molecule has 5 heteroatoms. The fourth-order valence-electron chi connectivity index (χ4n) is 1.51. The standard InChI is InChI=1S/C13H10Cl2N2S/c14-10-3-1-2-4-12(10)17-8-5-6-9(13(16)18)11(15)7-8/h1-7,17H,(H2,16,18). The Morgan fingerprint density at radius 1 is 1.06 bits per heavy atom. The quantitative estimate of drug-likeness (QED) is 0.826. The van der Waals surface area contributed by atoms with Gasteiger partial charge < -0.3 is 11.1 Å². The minimum absolute atomic E-state index is 0.282. The maximum Gasteiger partial charge on any atom is 0.105 e. The normalized spacial score (nSPS) is 10.1. The van der Waals surface area contributed by atoms with E-state index in [2.05, 4.69) is 5.32 Å². The molecule has 2 rings (SSSR count). The van der Waals surface area contributed by atoms with E-state index in [9.17, 15) is 0 Å². The van der Waals surface area contributed by atoms with E-state index in [-0.39, 0.29) is 4.99 Å². The van der Waals surface area contributed by atoms with Crippen molar-refractivity contribution in [1.29, 1.82) is 0 Å². The van der Waals surface area contributed by atoms with Crippen LogP contribution in [0, 0.1) is 0 Å². The molecule has 0 aliphatic heterocycles. The Bertz CT molecular complexity index is 599. The summed E-state index contributed by atoms with van der Waals surface area (Å²) in [6.45, 7) is 0. The molecule has 0 atom stereocenters. The molecule has 0 aliphatic rings. The van der Waals surface area contributed by atoms with Gasteiger partial charge in [-0.2, -0.15) is 0 Å². The van der Waals surface area contributed by atoms with Crippen molar-refractivity contribution in [3.63, 3.8) is 0 Å². The monoisotopic (exact) mass is 296 g/mol. The number of halogens is 2. The predicted octanol–water partition coefficient (Wildman–Crippen LogP) is 4.37. The van der Waals surface area contributed by atoms with Gasteiger partial charge in [-0.15, -0.1) is 0 Å². The van der Waals surface area contributed by atoms with Crippen molar-refractivity contribution >= 4 is 51.8 Å². The molecule has 0 bridgehead atoms. The summed E-state index contributed by atoms with van der Waals surface area (Å²) in [6.07, 6.45) is 0. The lowest BCUT2D eigenvalue weighted by Gasteiger charge is -2.10. The zero-order valence-electron chi connectivity index (χ0n) is 9.28. The zero-order chi connectivity index (χ0) is 13.1. The molecule has 0 saturated heterocycles. The van der Waals surface area contributed by atoms with Crippen LogP contribution in [0.1, 0.15) is 5.56 Å². The van der Waals surface area contributed by atoms with Gasteiger partial charge in [0.25, 0.3) is 0 Å². The van der Waals surface area contributed by atoms with Gasteiger partial charge in [0.1, 0.15) is 4.99 Å². The van der Waals surface area contributed by atoms with E-state index in [1.165, 1.54) is 0 Å². The molecule has 3 N–H and O–H groups in total. The number of rotatable bonds is 3. The molecule has 2 aromatic carbocycles. The van der Waals surface area contributed by atoms with Gasteiger partial charge in [0.15, 0.2) is 0 Å². The summed E-state index contributed by atoms with van der Waals surface area (Å²) < 4.78 is 0. The van der Waals surface area contributed by atoms with E-state index in [0.717, 1.165) is 11.4 Å². The van der Waals surface area contributed by atoms with Gasteiger partial charge in [0.2, 0.25) is 0 Å². The second-order valence-electron chi connectivity index (χ2n) is 3.66. The third kappa shape index (κ3) is 2.93. The highest BCUT2D eigenvalue weighted by Crippen LogP contribution is 2.27. The Hall–Kier alpha value is -1.29. The molecule has 0 heterocycles. The maximum atomic E-state index is 6.09. The Labute approximate surface area is 121 Å². The van der Waals surface area contributed by atoms with Crippen LogP contribution in [0.25, 0.3) is 0 Å². The lowest BCUT2D eigenvalue weighted by molar-refractivity contribution is 1.53. The van der Waals surface area contributed by atoms with Gasteiger partial charge in [-0.25, -0.2) is 0 Å². The number of anilines is 2. The fraction of sp³-hybridized carbons (Fsp3) is 0. The Morgan fingerprint density at radius 3 is 2.39 bits per heavy atom. The second kappa shape index (κ2) is 5.57. The number of para-hydroxylation sites is 1. The van der Waals surface area contributed by atoms with Crippen LogP contribution in [0.15, 0.2) is 42.5 Å². The summed E-state index contributed by atoms with van der Waals surface area (Å²) in [6, 6.07) is 12.9. The van der Waals surface area contributed by atoms with E-state index in [1.807, 2.05) is 30.3 Å². The third-order valence-corrected chi connectivity index (χ3v) is 3.25. The first kappa shape index (κ1) is 13.1. The number of hydrogen-bond acceptors (Lipinski definition) is 2. The average molecular weight is 297 g/mol. The van der Waals surface area contributed by atoms with Crippen LogP contribution in [-0.4, -0.2) is 4.99 Å². The SMILES string of the molecule is NC(=S)c1ccc(Nc2ccccc2Cl)cc1Cl. The first-order valence-corrected chi connectivity index (χ1v) is 6.35. The summed E-state index contributed by atoms with van der Waals surface area (Å²) in [5, 5.41) is 4.34. The van der Waals surface area contributed by atoms with Crippen molar-refractivity contribution in [2.45, 2.75) is 0 Å². The van der Waals surface area contributed by atoms with E-state index in [4.69, 9.17) is 41.2 Å². The van der Waals surface area contributed by atoms with E-state index in [0.29, 0.717) is 15.6 Å². The van der Waals surface area contributed by atoms with Crippen LogP contribution < -0.4 is 11.1 Å². The van der Waals surface area contributed by atoms with Gasteiger partial charge in [-0.1, -0.05) is 47.6 Å². The highest BCUT2D eigenvalue weighted by molar-refractivity contribution is 7.80. The summed E-state index contributed by atoms with van der Waals surface area (Å²) in [5.41, 5.74) is 7.85. The minimum atomic E-state index is 0.282. The highest BCUT2D eigenvalue weighted by atomic mass is 35.5. The van der Waals surface area contributed by atoms with Crippen LogP contribution >= 0.6 is 35.4 Å². The van der Waals surface area contributed by atoms with E-state index in [1.54, 1.807) is 12.1 Å². The number of nitrogens with two attached hydrogens (primary N) is 1. The van der Waals surface area contributed by atoms with Crippen LogP contribution in [0.3, 0.4) is 0 Å². The molecular formula is C13H10Cl2N2S. The van der Waals surface area contributed by atoms with E-state index >= 15 is 0 Å². The lowest BCUT2D eigenvalue weighted by atomic mass is 10.2. The molecule has 2 nitrogen and oxygen atoms in total. The van der Waals surface area contributed by atoms with E-state index < -0.39 is 0 Å². The molecule has 0 radical (unpaired) electrons. The lowest BCUT2D eigenvalue weighted by Crippen LogP contribution is -2.09. The molecule has 0 fully saturated rings. The van der Waals surface area contributed by atoms with Crippen molar-refractivity contribution in [2.75, 3.05) is 5.32 Å². The van der Waals surface area contributed by atoms with Gasteiger partial charge in [-0.05, 0) is 30.3 Å². The first-order chi connectivity index (χ1) is 8.58. The summed E-state index contributed by atoms with van der Waals surface area (Å²) in [5.74, 6) is 0. The van der Waals surface area contributed by atoms with Crippen molar-refractivity contribution < 1.29 is 0 Å². The zero-order valence-corrected chi connectivity index (χ0v) is 11.6. The number of nitrogens with one attached hydrogen (secondary N) is 1. The second-order valence-corrected chi connectivity index (χ2v) is 4.92. The first-order valence-electron chi connectivity index (χ1n) is 5.19. The minimum Gasteiger partial charge on any atom is -0.389 e. The molecule has 0 aromatic heterocycles. The molecule has 0 spiro atoms. The molecule has 0 amide bonds. The molecular weight excluding hydrogens is 287 g/mol. The van der Waals surface area contributed by atoms with Gasteiger partial charge in [0.05, 0.1) is 15.7 Å². The predicted molar refractivity (Wildman–Crippen MR) is 82.1 cm³/mol. The summed E-state index contributed by atoms with van der Waals surface area (Å²) >= 11 is 17.0. The maximum absolute atomic E-state index is 6.09. The third-order valence-electron chi connectivity index (χ3n) is 2.39. The van der Waals surface area contributed by atoms with Crippen LogP contribution in [0.5, 0.6) is 0 Å². The van der Waals surface area contributed by atoms with Crippen molar-refractivity contribution in [3.8, 4) is 0 Å². The fourth-order valence-corrected chi connectivity index (χ4v) is 2.21. The van der Waals surface area contributed by atoms with Gasteiger partial charge in [-0.3, -0.25) is 0 Å². The smallest absolute Gasteiger partial charge is 0.105 e. The molecule has 0 unspecified atom stereocenters. The Morgan fingerprint density at radius 2 is 1.78 bits per heavy atom. The average Bonchev–Trinajstić information content (AvgIpc) is 2.32.